The Hall–Kier alpha value is -1.89. The van der Waals surface area contributed by atoms with Crippen LogP contribution >= 0.6 is 11.6 Å². The molecule has 1 aliphatic heterocycles. The molecule has 2 aromatic rings. The number of hydrogen-bond donors (Lipinski definition) is 2. The van der Waals surface area contributed by atoms with E-state index in [1.54, 1.807) is 18.2 Å². The molecule has 0 spiro atoms. The first-order valence-electron chi connectivity index (χ1n) is 6.49. The SMILES string of the molecule is O=C(Nc1ccc2c(c1)B(O)OCC2)c1cc(Cl)ccn1. The normalized spacial score (nSPS) is 13.7. The van der Waals surface area contributed by atoms with Gasteiger partial charge in [0.1, 0.15) is 5.69 Å². The Morgan fingerprint density at radius 3 is 3.05 bits per heavy atom. The van der Waals surface area contributed by atoms with Gasteiger partial charge in [0.25, 0.3) is 5.91 Å². The van der Waals surface area contributed by atoms with Crippen molar-refractivity contribution in [1.82, 2.24) is 4.98 Å². The van der Waals surface area contributed by atoms with Gasteiger partial charge in [0.05, 0.1) is 0 Å². The third kappa shape index (κ3) is 3.07. The van der Waals surface area contributed by atoms with Crippen molar-refractivity contribution in [2.24, 2.45) is 0 Å². The van der Waals surface area contributed by atoms with Crippen molar-refractivity contribution in [2.75, 3.05) is 11.9 Å². The fraction of sp³-hybridized carbons (Fsp3) is 0.143. The lowest BCUT2D eigenvalue weighted by Gasteiger charge is -2.19. The molecule has 0 saturated carbocycles. The molecule has 0 aliphatic carbocycles. The number of carbonyl (C=O) groups is 1. The van der Waals surface area contributed by atoms with Crippen LogP contribution in [0.25, 0.3) is 0 Å². The second-order valence-corrected chi connectivity index (χ2v) is 5.14. The van der Waals surface area contributed by atoms with E-state index < -0.39 is 7.12 Å². The number of pyridine rings is 1. The lowest BCUT2D eigenvalue weighted by molar-refractivity contribution is 0.102. The molecule has 7 heteroatoms. The van der Waals surface area contributed by atoms with Gasteiger partial charge >= 0.3 is 7.12 Å². The van der Waals surface area contributed by atoms with Crippen molar-refractivity contribution in [3.05, 3.63) is 52.8 Å². The average molecular weight is 303 g/mol. The predicted octanol–water partition coefficient (Wildman–Crippen LogP) is 1.25. The van der Waals surface area contributed by atoms with Gasteiger partial charge in [-0.3, -0.25) is 9.78 Å². The summed E-state index contributed by atoms with van der Waals surface area (Å²) < 4.78 is 5.18. The van der Waals surface area contributed by atoms with Crippen molar-refractivity contribution < 1.29 is 14.5 Å². The summed E-state index contributed by atoms with van der Waals surface area (Å²) in [6.45, 7) is 0.492. The number of rotatable bonds is 2. The quantitative estimate of drug-likeness (QED) is 0.819. The second-order valence-electron chi connectivity index (χ2n) is 4.70. The summed E-state index contributed by atoms with van der Waals surface area (Å²) in [4.78, 5) is 16.1. The fourth-order valence-corrected chi connectivity index (χ4v) is 2.38. The number of hydrogen-bond acceptors (Lipinski definition) is 4. The molecule has 1 amide bonds. The zero-order valence-electron chi connectivity index (χ0n) is 11.0. The first-order valence-corrected chi connectivity index (χ1v) is 6.87. The molecule has 3 rings (SSSR count). The molecule has 0 bridgehead atoms. The monoisotopic (exact) mass is 302 g/mol. The first-order chi connectivity index (χ1) is 10.1. The highest BCUT2D eigenvalue weighted by atomic mass is 35.5. The van der Waals surface area contributed by atoms with Crippen molar-refractivity contribution in [3.63, 3.8) is 0 Å². The van der Waals surface area contributed by atoms with Gasteiger partial charge in [-0.25, -0.2) is 0 Å². The number of nitrogens with zero attached hydrogens (tertiary/aromatic N) is 1. The van der Waals surface area contributed by atoms with Crippen LogP contribution in [0.1, 0.15) is 16.1 Å². The van der Waals surface area contributed by atoms with E-state index in [4.69, 9.17) is 16.3 Å². The van der Waals surface area contributed by atoms with Gasteiger partial charge in [-0.1, -0.05) is 17.7 Å². The Kier molecular flexibility index (Phi) is 3.92. The summed E-state index contributed by atoms with van der Waals surface area (Å²) in [7, 11) is -0.949. The summed E-state index contributed by atoms with van der Waals surface area (Å²) in [5.74, 6) is -0.358. The summed E-state index contributed by atoms with van der Waals surface area (Å²) in [5.41, 5.74) is 2.51. The summed E-state index contributed by atoms with van der Waals surface area (Å²) in [6, 6.07) is 8.47. The molecule has 2 heterocycles. The largest absolute Gasteiger partial charge is 0.491 e. The maximum atomic E-state index is 12.1. The van der Waals surface area contributed by atoms with Gasteiger partial charge in [0.15, 0.2) is 0 Å². The van der Waals surface area contributed by atoms with Gasteiger partial charge in [0, 0.05) is 23.5 Å². The van der Waals surface area contributed by atoms with Crippen molar-refractivity contribution >= 4 is 35.8 Å². The van der Waals surface area contributed by atoms with Gasteiger partial charge in [-0.2, -0.15) is 0 Å². The van der Waals surface area contributed by atoms with E-state index in [9.17, 15) is 9.82 Å². The maximum absolute atomic E-state index is 12.1. The van der Waals surface area contributed by atoms with Crippen molar-refractivity contribution in [2.45, 2.75) is 6.42 Å². The molecular weight excluding hydrogens is 290 g/mol. The van der Waals surface area contributed by atoms with Crippen LogP contribution in [0.5, 0.6) is 0 Å². The highest BCUT2D eigenvalue weighted by Gasteiger charge is 2.25. The molecule has 5 nitrogen and oxygen atoms in total. The van der Waals surface area contributed by atoms with E-state index in [0.717, 1.165) is 12.0 Å². The number of nitrogens with one attached hydrogen (secondary N) is 1. The molecule has 0 saturated heterocycles. The van der Waals surface area contributed by atoms with Crippen molar-refractivity contribution in [1.29, 1.82) is 0 Å². The van der Waals surface area contributed by atoms with E-state index in [0.29, 0.717) is 22.8 Å². The Morgan fingerprint density at radius 2 is 2.24 bits per heavy atom. The molecule has 106 valence electrons. The number of benzene rings is 1. The van der Waals surface area contributed by atoms with E-state index >= 15 is 0 Å². The van der Waals surface area contributed by atoms with Crippen LogP contribution in [0.3, 0.4) is 0 Å². The number of amides is 1. The van der Waals surface area contributed by atoms with Gasteiger partial charge in [-0.05, 0) is 41.7 Å². The average Bonchev–Trinajstić information content (AvgIpc) is 2.48. The van der Waals surface area contributed by atoms with Crippen LogP contribution in [-0.4, -0.2) is 29.6 Å². The first kappa shape index (κ1) is 14.1. The Balaban J connectivity index is 1.82. The summed E-state index contributed by atoms with van der Waals surface area (Å²) >= 11 is 5.84. The minimum Gasteiger partial charge on any atom is -0.423 e. The van der Waals surface area contributed by atoms with Crippen LogP contribution in [-0.2, 0) is 11.1 Å². The fourth-order valence-electron chi connectivity index (χ4n) is 2.22. The zero-order chi connectivity index (χ0) is 14.8. The van der Waals surface area contributed by atoms with Crippen LogP contribution in [0, 0.1) is 0 Å². The third-order valence-corrected chi connectivity index (χ3v) is 3.51. The zero-order valence-corrected chi connectivity index (χ0v) is 11.8. The molecule has 0 radical (unpaired) electrons. The second kappa shape index (κ2) is 5.85. The van der Waals surface area contributed by atoms with E-state index in [2.05, 4.69) is 10.3 Å². The molecule has 0 atom stereocenters. The minimum absolute atomic E-state index is 0.233. The molecule has 1 aliphatic rings. The molecular formula is C14H12BClN2O3. The van der Waals surface area contributed by atoms with Crippen LogP contribution in [0.2, 0.25) is 5.02 Å². The molecule has 1 aromatic heterocycles. The summed E-state index contributed by atoms with van der Waals surface area (Å²) in [6.07, 6.45) is 2.22. The van der Waals surface area contributed by atoms with Crippen molar-refractivity contribution in [3.8, 4) is 0 Å². The topological polar surface area (TPSA) is 71.5 Å². The predicted molar refractivity (Wildman–Crippen MR) is 80.9 cm³/mol. The Labute approximate surface area is 127 Å². The molecule has 2 N–H and O–H groups in total. The van der Waals surface area contributed by atoms with Crippen LogP contribution in [0.4, 0.5) is 5.69 Å². The van der Waals surface area contributed by atoms with Gasteiger partial charge in [0.2, 0.25) is 0 Å². The van der Waals surface area contributed by atoms with Gasteiger partial charge < -0.3 is 15.0 Å². The maximum Gasteiger partial charge on any atom is 0.491 e. The number of carbonyl (C=O) groups excluding carboxylic acids is 1. The van der Waals surface area contributed by atoms with Crippen LogP contribution in [0.15, 0.2) is 36.5 Å². The standard InChI is InChI=1S/C14H12BClN2O3/c16-10-3-5-17-13(7-10)14(19)18-11-2-1-9-4-6-21-15(20)12(9)8-11/h1-3,5,7-8,20H,4,6H2,(H,18,19). The lowest BCUT2D eigenvalue weighted by atomic mass is 9.73. The lowest BCUT2D eigenvalue weighted by Crippen LogP contribution is -2.41. The Bertz CT molecular complexity index is 696. The number of anilines is 1. The Morgan fingerprint density at radius 1 is 1.38 bits per heavy atom. The van der Waals surface area contributed by atoms with Crippen LogP contribution < -0.4 is 10.8 Å². The smallest absolute Gasteiger partial charge is 0.423 e. The van der Waals surface area contributed by atoms with E-state index in [-0.39, 0.29) is 11.6 Å². The molecule has 21 heavy (non-hydrogen) atoms. The minimum atomic E-state index is -0.949. The molecule has 1 aromatic carbocycles. The molecule has 0 unspecified atom stereocenters. The highest BCUT2D eigenvalue weighted by molar-refractivity contribution is 6.61. The number of aromatic nitrogens is 1. The number of fused-ring (bicyclic) bond motifs is 1. The van der Waals surface area contributed by atoms with E-state index in [1.165, 1.54) is 12.3 Å². The third-order valence-electron chi connectivity index (χ3n) is 3.27. The summed E-state index contributed by atoms with van der Waals surface area (Å²) in [5, 5.41) is 13.0. The van der Waals surface area contributed by atoms with Gasteiger partial charge in [-0.15, -0.1) is 0 Å². The van der Waals surface area contributed by atoms with E-state index in [1.807, 2.05) is 6.07 Å². The number of halogens is 1. The molecule has 0 fully saturated rings. The highest BCUT2D eigenvalue weighted by Crippen LogP contribution is 2.14.